The van der Waals surface area contributed by atoms with Gasteiger partial charge in [0.15, 0.2) is 0 Å². The normalized spacial score (nSPS) is 14.4. The largest absolute Gasteiger partial charge is 0.348 e. The van der Waals surface area contributed by atoms with Gasteiger partial charge in [0.25, 0.3) is 0 Å². The Morgan fingerprint density at radius 2 is 1.48 bits per heavy atom. The molecule has 2 aromatic carbocycles. The third kappa shape index (κ3) is 3.05. The molecule has 0 fully saturated rings. The Kier molecular flexibility index (Phi) is 3.87. The zero-order valence-corrected chi connectivity index (χ0v) is 12.1. The third-order valence-corrected chi connectivity index (χ3v) is 3.87. The van der Waals surface area contributed by atoms with Gasteiger partial charge in [-0.05, 0) is 41.8 Å². The summed E-state index contributed by atoms with van der Waals surface area (Å²) < 4.78 is 13.1. The Labute approximate surface area is 125 Å². The molecule has 0 heterocycles. The van der Waals surface area contributed by atoms with Crippen LogP contribution in [0.3, 0.4) is 0 Å². The molecule has 0 atom stereocenters. The molecule has 0 N–H and O–H groups in total. The van der Waals surface area contributed by atoms with Gasteiger partial charge in [-0.25, -0.2) is 4.39 Å². The summed E-state index contributed by atoms with van der Waals surface area (Å²) in [4.78, 5) is 2.12. The average molecular weight is 279 g/mol. The van der Waals surface area contributed by atoms with E-state index >= 15 is 0 Å². The first-order valence-electron chi connectivity index (χ1n) is 7.18. The summed E-state index contributed by atoms with van der Waals surface area (Å²) in [5.74, 6) is -0.0356. The highest BCUT2D eigenvalue weighted by Gasteiger charge is 2.11. The number of benzene rings is 2. The summed E-state index contributed by atoms with van der Waals surface area (Å²) in [6.07, 6.45) is 4.68. The smallest absolute Gasteiger partial charge is 0.100 e. The van der Waals surface area contributed by atoms with Gasteiger partial charge in [0, 0.05) is 24.9 Å². The predicted molar refractivity (Wildman–Crippen MR) is 86.8 cm³/mol. The second kappa shape index (κ2) is 5.96. The highest BCUT2D eigenvalue weighted by molar-refractivity contribution is 5.67. The standard InChI is InChI=1S/C19H18FN/c1-21(19-13-9-17(20)10-14-19)18-11-7-16(8-12-18)15-5-3-2-4-6-15/h2-9,11-13H,10,14H2,1H3. The van der Waals surface area contributed by atoms with Crippen LogP contribution in [-0.2, 0) is 0 Å². The van der Waals surface area contributed by atoms with E-state index in [1.54, 1.807) is 6.08 Å². The molecule has 1 aliphatic carbocycles. The number of hydrogen-bond donors (Lipinski definition) is 0. The van der Waals surface area contributed by atoms with Gasteiger partial charge in [-0.2, -0.15) is 0 Å². The van der Waals surface area contributed by atoms with Crippen LogP contribution in [0.4, 0.5) is 10.1 Å². The quantitative estimate of drug-likeness (QED) is 0.735. The Morgan fingerprint density at radius 1 is 0.810 bits per heavy atom. The van der Waals surface area contributed by atoms with Crippen LogP contribution in [0.1, 0.15) is 12.8 Å². The molecular formula is C19H18FN. The number of anilines is 1. The van der Waals surface area contributed by atoms with Crippen molar-refractivity contribution in [3.8, 4) is 11.1 Å². The van der Waals surface area contributed by atoms with Crippen molar-refractivity contribution in [3.05, 3.63) is 78.3 Å². The van der Waals surface area contributed by atoms with E-state index in [1.807, 2.05) is 31.3 Å². The molecule has 0 saturated heterocycles. The van der Waals surface area contributed by atoms with Crippen molar-refractivity contribution in [2.24, 2.45) is 0 Å². The van der Waals surface area contributed by atoms with Crippen molar-refractivity contribution in [1.82, 2.24) is 0 Å². The van der Waals surface area contributed by atoms with Crippen LogP contribution < -0.4 is 4.90 Å². The molecule has 0 radical (unpaired) electrons. The molecule has 3 rings (SSSR count). The number of halogens is 1. The van der Waals surface area contributed by atoms with Crippen LogP contribution in [0.5, 0.6) is 0 Å². The van der Waals surface area contributed by atoms with Gasteiger partial charge in [-0.15, -0.1) is 0 Å². The summed E-state index contributed by atoms with van der Waals surface area (Å²) >= 11 is 0. The van der Waals surface area contributed by atoms with Crippen LogP contribution in [0.2, 0.25) is 0 Å². The second-order valence-electron chi connectivity index (χ2n) is 5.24. The van der Waals surface area contributed by atoms with E-state index in [1.165, 1.54) is 11.1 Å². The Hall–Kier alpha value is -2.35. The maximum Gasteiger partial charge on any atom is 0.100 e. The molecule has 0 saturated carbocycles. The maximum absolute atomic E-state index is 13.1. The predicted octanol–water partition coefficient (Wildman–Crippen LogP) is 5.32. The summed E-state index contributed by atoms with van der Waals surface area (Å²) in [5, 5.41) is 0. The van der Waals surface area contributed by atoms with Gasteiger partial charge in [-0.3, -0.25) is 0 Å². The lowest BCUT2D eigenvalue weighted by Gasteiger charge is -2.24. The minimum atomic E-state index is -0.0356. The van der Waals surface area contributed by atoms with Crippen molar-refractivity contribution >= 4 is 5.69 Å². The average Bonchev–Trinajstić information content (AvgIpc) is 2.56. The van der Waals surface area contributed by atoms with E-state index < -0.39 is 0 Å². The summed E-state index contributed by atoms with van der Waals surface area (Å²) in [7, 11) is 2.03. The molecule has 1 nitrogen and oxygen atoms in total. The van der Waals surface area contributed by atoms with E-state index in [0.29, 0.717) is 6.42 Å². The zero-order valence-electron chi connectivity index (χ0n) is 12.1. The first kappa shape index (κ1) is 13.6. The Balaban J connectivity index is 1.81. The van der Waals surface area contributed by atoms with Crippen molar-refractivity contribution in [3.63, 3.8) is 0 Å². The van der Waals surface area contributed by atoms with Crippen LogP contribution in [0, 0.1) is 0 Å². The topological polar surface area (TPSA) is 3.24 Å². The highest BCUT2D eigenvalue weighted by atomic mass is 19.1. The van der Waals surface area contributed by atoms with Crippen molar-refractivity contribution < 1.29 is 4.39 Å². The molecule has 2 heteroatoms. The molecule has 0 bridgehead atoms. The Morgan fingerprint density at radius 3 is 2.10 bits per heavy atom. The number of rotatable bonds is 3. The lowest BCUT2D eigenvalue weighted by atomic mass is 10.0. The molecular weight excluding hydrogens is 261 g/mol. The van der Waals surface area contributed by atoms with Crippen LogP contribution in [-0.4, -0.2) is 7.05 Å². The first-order chi connectivity index (χ1) is 10.2. The highest BCUT2D eigenvalue weighted by Crippen LogP contribution is 2.27. The minimum absolute atomic E-state index is 0.0356. The van der Waals surface area contributed by atoms with Crippen LogP contribution in [0.25, 0.3) is 11.1 Å². The molecule has 0 spiro atoms. The van der Waals surface area contributed by atoms with E-state index in [4.69, 9.17) is 0 Å². The molecule has 0 aromatic heterocycles. The summed E-state index contributed by atoms with van der Waals surface area (Å²) in [6.45, 7) is 0. The molecule has 21 heavy (non-hydrogen) atoms. The Bertz CT molecular complexity index is 668. The van der Waals surface area contributed by atoms with Crippen molar-refractivity contribution in [2.45, 2.75) is 12.8 Å². The van der Waals surface area contributed by atoms with E-state index in [9.17, 15) is 4.39 Å². The fourth-order valence-electron chi connectivity index (χ4n) is 2.55. The van der Waals surface area contributed by atoms with E-state index in [-0.39, 0.29) is 5.83 Å². The molecule has 0 unspecified atom stereocenters. The first-order valence-corrected chi connectivity index (χ1v) is 7.18. The fourth-order valence-corrected chi connectivity index (χ4v) is 2.55. The lowest BCUT2D eigenvalue weighted by molar-refractivity contribution is 0.579. The SMILES string of the molecule is CN(C1=CC=C(F)CC1)c1ccc(-c2ccccc2)cc1. The number of hydrogen-bond acceptors (Lipinski definition) is 1. The van der Waals surface area contributed by atoms with Crippen molar-refractivity contribution in [2.75, 3.05) is 11.9 Å². The van der Waals surface area contributed by atoms with E-state index in [0.717, 1.165) is 17.8 Å². The van der Waals surface area contributed by atoms with Gasteiger partial charge >= 0.3 is 0 Å². The zero-order chi connectivity index (χ0) is 14.7. The van der Waals surface area contributed by atoms with Crippen molar-refractivity contribution in [1.29, 1.82) is 0 Å². The van der Waals surface area contributed by atoms with Gasteiger partial charge in [-0.1, -0.05) is 42.5 Å². The van der Waals surface area contributed by atoms with Crippen LogP contribution >= 0.6 is 0 Å². The lowest BCUT2D eigenvalue weighted by Crippen LogP contribution is -2.17. The molecule has 106 valence electrons. The fraction of sp³-hybridized carbons (Fsp3) is 0.158. The second-order valence-corrected chi connectivity index (χ2v) is 5.24. The molecule has 1 aliphatic rings. The van der Waals surface area contributed by atoms with Crippen LogP contribution in [0.15, 0.2) is 78.3 Å². The monoisotopic (exact) mass is 279 g/mol. The summed E-state index contributed by atoms with van der Waals surface area (Å²) in [5.41, 5.74) is 4.69. The maximum atomic E-state index is 13.1. The van der Waals surface area contributed by atoms with Gasteiger partial charge in [0.1, 0.15) is 5.83 Å². The van der Waals surface area contributed by atoms with Gasteiger partial charge in [0.2, 0.25) is 0 Å². The van der Waals surface area contributed by atoms with Gasteiger partial charge < -0.3 is 4.90 Å². The van der Waals surface area contributed by atoms with Gasteiger partial charge in [0.05, 0.1) is 0 Å². The van der Waals surface area contributed by atoms with E-state index in [2.05, 4.69) is 41.3 Å². The third-order valence-electron chi connectivity index (χ3n) is 3.87. The minimum Gasteiger partial charge on any atom is -0.348 e. The molecule has 0 aliphatic heterocycles. The summed E-state index contributed by atoms with van der Waals surface area (Å²) in [6, 6.07) is 18.8. The molecule has 0 amide bonds. The number of allylic oxidation sites excluding steroid dienone is 4. The molecule has 2 aromatic rings. The number of nitrogens with zero attached hydrogens (tertiary/aromatic N) is 1.